The minimum absolute atomic E-state index is 0.0255. The fraction of sp³-hybridized carbons (Fsp3) is 0.412. The van der Waals surface area contributed by atoms with Crippen molar-refractivity contribution >= 4 is 22.5 Å². The molecule has 1 aliphatic rings. The molecule has 3 rings (SSSR count). The Kier molecular flexibility index (Phi) is 3.88. The Balaban J connectivity index is 2.17. The van der Waals surface area contributed by atoms with Gasteiger partial charge in [0.25, 0.3) is 5.91 Å². The van der Waals surface area contributed by atoms with Gasteiger partial charge in [0.1, 0.15) is 11.6 Å². The van der Waals surface area contributed by atoms with E-state index in [0.29, 0.717) is 11.3 Å². The average molecular weight is 299 g/mol. The van der Waals surface area contributed by atoms with E-state index >= 15 is 0 Å². The van der Waals surface area contributed by atoms with Gasteiger partial charge in [0, 0.05) is 24.7 Å². The third kappa shape index (κ3) is 2.71. The first kappa shape index (κ1) is 14.6. The molecule has 1 aromatic carbocycles. The van der Waals surface area contributed by atoms with Crippen LogP contribution in [0.15, 0.2) is 24.4 Å². The molecule has 0 spiro atoms. The molecule has 1 amide bonds. The molecule has 1 aromatic heterocycles. The molecular weight excluding hydrogens is 278 g/mol. The van der Waals surface area contributed by atoms with Gasteiger partial charge in [-0.2, -0.15) is 0 Å². The molecule has 1 aliphatic heterocycles. The highest BCUT2D eigenvalue weighted by atomic mass is 16.5. The Labute approximate surface area is 130 Å². The minimum atomic E-state index is -0.475. The van der Waals surface area contributed by atoms with Crippen molar-refractivity contribution in [3.8, 4) is 5.75 Å². The largest absolute Gasteiger partial charge is 0.490 e. The van der Waals surface area contributed by atoms with Gasteiger partial charge >= 0.3 is 0 Å². The van der Waals surface area contributed by atoms with Gasteiger partial charge in [-0.1, -0.05) is 0 Å². The topological polar surface area (TPSA) is 68.4 Å². The molecule has 2 aromatic rings. The zero-order valence-corrected chi connectivity index (χ0v) is 13.0. The number of ether oxygens (including phenoxy) is 1. The van der Waals surface area contributed by atoms with Crippen molar-refractivity contribution in [1.82, 2.24) is 4.98 Å². The number of rotatable bonds is 4. The number of fused-ring (bicyclic) bond motifs is 1. The zero-order valence-electron chi connectivity index (χ0n) is 13.0. The molecule has 2 N–H and O–H groups in total. The molecular formula is C17H21N3O2. The Hall–Kier alpha value is -2.30. The van der Waals surface area contributed by atoms with Crippen LogP contribution in [0.1, 0.15) is 37.0 Å². The number of carbonyl (C=O) groups is 1. The Bertz CT molecular complexity index is 706. The van der Waals surface area contributed by atoms with Crippen LogP contribution in [0.3, 0.4) is 0 Å². The van der Waals surface area contributed by atoms with Crippen molar-refractivity contribution in [2.75, 3.05) is 18.0 Å². The predicted octanol–water partition coefficient (Wildman–Crippen LogP) is 2.72. The number of aromatic nitrogens is 1. The number of benzene rings is 1. The van der Waals surface area contributed by atoms with Crippen molar-refractivity contribution in [2.45, 2.75) is 32.8 Å². The Morgan fingerprint density at radius 2 is 2.05 bits per heavy atom. The highest BCUT2D eigenvalue weighted by Gasteiger charge is 2.19. The van der Waals surface area contributed by atoms with Gasteiger partial charge in [-0.15, -0.1) is 0 Å². The molecule has 5 heteroatoms. The van der Waals surface area contributed by atoms with Gasteiger partial charge in [-0.25, -0.2) is 4.98 Å². The average Bonchev–Trinajstić information content (AvgIpc) is 2.99. The molecule has 1 fully saturated rings. The van der Waals surface area contributed by atoms with E-state index in [4.69, 9.17) is 10.5 Å². The summed E-state index contributed by atoms with van der Waals surface area (Å²) in [5.41, 5.74) is 5.91. The number of anilines is 1. The van der Waals surface area contributed by atoms with E-state index in [1.807, 2.05) is 26.0 Å². The van der Waals surface area contributed by atoms with Gasteiger partial charge in [0.15, 0.2) is 0 Å². The second-order valence-electron chi connectivity index (χ2n) is 5.93. The van der Waals surface area contributed by atoms with Crippen LogP contribution in [0.4, 0.5) is 5.82 Å². The number of nitrogens with zero attached hydrogens (tertiary/aromatic N) is 2. The summed E-state index contributed by atoms with van der Waals surface area (Å²) >= 11 is 0. The third-order valence-electron chi connectivity index (χ3n) is 3.88. The Morgan fingerprint density at radius 3 is 2.68 bits per heavy atom. The summed E-state index contributed by atoms with van der Waals surface area (Å²) in [6, 6.07) is 5.60. The van der Waals surface area contributed by atoms with Crippen LogP contribution in [0.2, 0.25) is 0 Å². The molecule has 0 radical (unpaired) electrons. The van der Waals surface area contributed by atoms with Crippen LogP contribution in [-0.4, -0.2) is 30.1 Å². The number of hydrogen-bond acceptors (Lipinski definition) is 4. The molecule has 2 heterocycles. The van der Waals surface area contributed by atoms with Crippen molar-refractivity contribution in [1.29, 1.82) is 0 Å². The van der Waals surface area contributed by atoms with Gasteiger partial charge in [0.2, 0.25) is 0 Å². The SMILES string of the molecule is CC(C)Oc1cc2c(N3CCCC3)nccc2cc1C(N)=O. The Morgan fingerprint density at radius 1 is 1.32 bits per heavy atom. The number of carbonyl (C=O) groups excluding carboxylic acids is 1. The second kappa shape index (κ2) is 5.83. The summed E-state index contributed by atoms with van der Waals surface area (Å²) in [7, 11) is 0. The van der Waals surface area contributed by atoms with E-state index < -0.39 is 5.91 Å². The highest BCUT2D eigenvalue weighted by Crippen LogP contribution is 2.33. The van der Waals surface area contributed by atoms with Crippen LogP contribution in [0.5, 0.6) is 5.75 Å². The van der Waals surface area contributed by atoms with Crippen LogP contribution in [0, 0.1) is 0 Å². The summed E-state index contributed by atoms with van der Waals surface area (Å²) in [6.45, 7) is 5.90. The predicted molar refractivity (Wildman–Crippen MR) is 87.5 cm³/mol. The third-order valence-corrected chi connectivity index (χ3v) is 3.88. The molecule has 0 unspecified atom stereocenters. The van der Waals surface area contributed by atoms with Gasteiger partial charge in [0.05, 0.1) is 11.7 Å². The summed E-state index contributed by atoms with van der Waals surface area (Å²) in [6.07, 6.45) is 4.13. The number of primary amides is 1. The van der Waals surface area contributed by atoms with Gasteiger partial charge < -0.3 is 15.4 Å². The number of nitrogens with two attached hydrogens (primary N) is 1. The van der Waals surface area contributed by atoms with Crippen LogP contribution in [-0.2, 0) is 0 Å². The molecule has 1 saturated heterocycles. The van der Waals surface area contributed by atoms with Crippen LogP contribution in [0.25, 0.3) is 10.8 Å². The molecule has 5 nitrogen and oxygen atoms in total. The lowest BCUT2D eigenvalue weighted by molar-refractivity contribution is 0.0995. The van der Waals surface area contributed by atoms with Crippen molar-refractivity contribution in [2.24, 2.45) is 5.73 Å². The maximum absolute atomic E-state index is 11.7. The molecule has 22 heavy (non-hydrogen) atoms. The van der Waals surface area contributed by atoms with E-state index in [2.05, 4.69) is 9.88 Å². The molecule has 0 aliphatic carbocycles. The molecule has 0 bridgehead atoms. The summed E-state index contributed by atoms with van der Waals surface area (Å²) in [4.78, 5) is 18.5. The van der Waals surface area contributed by atoms with E-state index in [0.717, 1.165) is 29.7 Å². The monoisotopic (exact) mass is 299 g/mol. The van der Waals surface area contributed by atoms with Gasteiger partial charge in [-0.3, -0.25) is 4.79 Å². The fourth-order valence-corrected chi connectivity index (χ4v) is 2.91. The maximum Gasteiger partial charge on any atom is 0.252 e. The first-order valence-electron chi connectivity index (χ1n) is 7.70. The normalized spacial score (nSPS) is 14.8. The smallest absolute Gasteiger partial charge is 0.252 e. The van der Waals surface area contributed by atoms with Crippen LogP contribution < -0.4 is 15.4 Å². The lowest BCUT2D eigenvalue weighted by Crippen LogP contribution is -2.20. The molecule has 0 saturated carbocycles. The zero-order chi connectivity index (χ0) is 15.7. The van der Waals surface area contributed by atoms with Crippen molar-refractivity contribution < 1.29 is 9.53 Å². The van der Waals surface area contributed by atoms with Crippen LogP contribution >= 0.6 is 0 Å². The lowest BCUT2D eigenvalue weighted by atomic mass is 10.1. The van der Waals surface area contributed by atoms with Crippen molar-refractivity contribution in [3.05, 3.63) is 30.0 Å². The second-order valence-corrected chi connectivity index (χ2v) is 5.93. The number of hydrogen-bond donors (Lipinski definition) is 1. The maximum atomic E-state index is 11.7. The van der Waals surface area contributed by atoms with Crippen molar-refractivity contribution in [3.63, 3.8) is 0 Å². The van der Waals surface area contributed by atoms with Gasteiger partial charge in [-0.05, 0) is 50.3 Å². The standard InChI is InChI=1S/C17H21N3O2/c1-11(2)22-15-10-13-12(9-14(15)16(18)21)5-6-19-17(13)20-7-3-4-8-20/h5-6,9-11H,3-4,7-8H2,1-2H3,(H2,18,21). The number of pyridine rings is 1. The fourth-order valence-electron chi connectivity index (χ4n) is 2.91. The molecule has 116 valence electrons. The van der Waals surface area contributed by atoms with E-state index in [1.165, 1.54) is 12.8 Å². The minimum Gasteiger partial charge on any atom is -0.490 e. The van der Waals surface area contributed by atoms with E-state index in [-0.39, 0.29) is 6.10 Å². The summed E-state index contributed by atoms with van der Waals surface area (Å²) in [5.74, 6) is 1.01. The number of amides is 1. The van der Waals surface area contributed by atoms with E-state index in [9.17, 15) is 4.79 Å². The first-order valence-corrected chi connectivity index (χ1v) is 7.70. The summed E-state index contributed by atoms with van der Waals surface area (Å²) < 4.78 is 5.79. The summed E-state index contributed by atoms with van der Waals surface area (Å²) in [5, 5.41) is 1.96. The molecule has 0 atom stereocenters. The lowest BCUT2D eigenvalue weighted by Gasteiger charge is -2.20. The highest BCUT2D eigenvalue weighted by molar-refractivity contribution is 6.03. The first-order chi connectivity index (χ1) is 10.6. The van der Waals surface area contributed by atoms with E-state index in [1.54, 1.807) is 12.3 Å². The quantitative estimate of drug-likeness (QED) is 0.942.